The average Bonchev–Trinajstić information content (AvgIpc) is 2.98. The van der Waals surface area contributed by atoms with Crippen molar-refractivity contribution < 1.29 is 4.79 Å². The van der Waals surface area contributed by atoms with Gasteiger partial charge in [-0.15, -0.1) is 0 Å². The molecular weight excluding hydrogens is 343 g/mol. The smallest absolute Gasteiger partial charge is 0.224 e. The Hall–Kier alpha value is -1.71. The van der Waals surface area contributed by atoms with Gasteiger partial charge in [-0.25, -0.2) is 0 Å². The number of fused-ring (bicyclic) bond motifs is 1. The molecule has 0 aromatic heterocycles. The third-order valence-corrected chi connectivity index (χ3v) is 5.00. The lowest BCUT2D eigenvalue weighted by Gasteiger charge is -2.19. The Morgan fingerprint density at radius 3 is 2.79 bits per heavy atom. The standard InChI is InChI=1S/C19H20Cl2N2O/c20-16-7-6-14(12-17(16)21)13-19(24)22-9-3-10-23-11-8-15-4-1-2-5-18(15)23/h1-2,4-7,12H,3,8-11,13H2,(H,22,24). The van der Waals surface area contributed by atoms with Crippen LogP contribution in [0.3, 0.4) is 0 Å². The van der Waals surface area contributed by atoms with Crippen LogP contribution in [0.25, 0.3) is 0 Å². The Bertz CT molecular complexity index is 733. The first-order chi connectivity index (χ1) is 11.6. The molecule has 1 aliphatic heterocycles. The second-order valence-electron chi connectivity index (χ2n) is 5.99. The van der Waals surface area contributed by atoms with Gasteiger partial charge in [-0.2, -0.15) is 0 Å². The van der Waals surface area contributed by atoms with Crippen LogP contribution >= 0.6 is 23.2 Å². The van der Waals surface area contributed by atoms with Crippen molar-refractivity contribution in [2.24, 2.45) is 0 Å². The third-order valence-electron chi connectivity index (χ3n) is 4.26. The van der Waals surface area contributed by atoms with E-state index in [-0.39, 0.29) is 5.91 Å². The van der Waals surface area contributed by atoms with Crippen LogP contribution < -0.4 is 10.2 Å². The van der Waals surface area contributed by atoms with Gasteiger partial charge in [0, 0.05) is 25.3 Å². The summed E-state index contributed by atoms with van der Waals surface area (Å²) in [4.78, 5) is 14.4. The third kappa shape index (κ3) is 4.22. The van der Waals surface area contributed by atoms with Gasteiger partial charge in [0.15, 0.2) is 0 Å². The van der Waals surface area contributed by atoms with E-state index in [2.05, 4.69) is 34.5 Å². The first-order valence-electron chi connectivity index (χ1n) is 8.17. The maximum atomic E-state index is 12.0. The lowest BCUT2D eigenvalue weighted by atomic mass is 10.1. The summed E-state index contributed by atoms with van der Waals surface area (Å²) in [5, 5.41) is 3.96. The van der Waals surface area contributed by atoms with E-state index < -0.39 is 0 Å². The Morgan fingerprint density at radius 1 is 1.12 bits per heavy atom. The average molecular weight is 363 g/mol. The summed E-state index contributed by atoms with van der Waals surface area (Å²) in [6.45, 7) is 2.71. The van der Waals surface area contributed by atoms with Crippen molar-refractivity contribution in [2.75, 3.05) is 24.5 Å². The zero-order chi connectivity index (χ0) is 16.9. The summed E-state index contributed by atoms with van der Waals surface area (Å²) in [6.07, 6.45) is 2.37. The highest BCUT2D eigenvalue weighted by atomic mass is 35.5. The number of halogens is 2. The molecule has 0 radical (unpaired) electrons. The molecule has 1 heterocycles. The molecule has 5 heteroatoms. The lowest BCUT2D eigenvalue weighted by molar-refractivity contribution is -0.120. The predicted octanol–water partition coefficient (Wildman–Crippen LogP) is 4.10. The maximum absolute atomic E-state index is 12.0. The molecular formula is C19H20Cl2N2O. The van der Waals surface area contributed by atoms with Crippen LogP contribution in [-0.2, 0) is 17.6 Å². The minimum Gasteiger partial charge on any atom is -0.371 e. The van der Waals surface area contributed by atoms with Crippen molar-refractivity contribution in [2.45, 2.75) is 19.3 Å². The van der Waals surface area contributed by atoms with Crippen LogP contribution in [0.15, 0.2) is 42.5 Å². The largest absolute Gasteiger partial charge is 0.371 e. The fraction of sp³-hybridized carbons (Fsp3) is 0.316. The van der Waals surface area contributed by atoms with Gasteiger partial charge in [-0.05, 0) is 42.2 Å². The normalized spacial score (nSPS) is 13.0. The number of hydrogen-bond donors (Lipinski definition) is 1. The number of rotatable bonds is 6. The summed E-state index contributed by atoms with van der Waals surface area (Å²) in [5.74, 6) is 0.00945. The van der Waals surface area contributed by atoms with Crippen LogP contribution in [0.5, 0.6) is 0 Å². The van der Waals surface area contributed by atoms with Crippen LogP contribution in [0.1, 0.15) is 17.5 Å². The van der Waals surface area contributed by atoms with Crippen molar-refractivity contribution in [3.8, 4) is 0 Å². The molecule has 0 fully saturated rings. The van der Waals surface area contributed by atoms with E-state index in [1.165, 1.54) is 11.3 Å². The summed E-state index contributed by atoms with van der Waals surface area (Å²) >= 11 is 11.8. The van der Waals surface area contributed by atoms with E-state index in [1.807, 2.05) is 6.07 Å². The molecule has 0 bridgehead atoms. The summed E-state index contributed by atoms with van der Waals surface area (Å²) in [7, 11) is 0. The Kier molecular flexibility index (Phi) is 5.64. The molecule has 0 unspecified atom stereocenters. The highest BCUT2D eigenvalue weighted by Crippen LogP contribution is 2.27. The zero-order valence-electron chi connectivity index (χ0n) is 13.4. The van der Waals surface area contributed by atoms with Gasteiger partial charge in [-0.1, -0.05) is 47.5 Å². The van der Waals surface area contributed by atoms with E-state index >= 15 is 0 Å². The van der Waals surface area contributed by atoms with Gasteiger partial charge < -0.3 is 10.2 Å². The molecule has 2 aromatic carbocycles. The molecule has 1 amide bonds. The number of carbonyl (C=O) groups is 1. The Labute approximate surface area is 152 Å². The maximum Gasteiger partial charge on any atom is 0.224 e. The van der Waals surface area contributed by atoms with E-state index in [9.17, 15) is 4.79 Å². The number of hydrogen-bond acceptors (Lipinski definition) is 2. The number of amides is 1. The highest BCUT2D eigenvalue weighted by molar-refractivity contribution is 6.42. The van der Waals surface area contributed by atoms with Crippen LogP contribution in [0.4, 0.5) is 5.69 Å². The van der Waals surface area contributed by atoms with Crippen molar-refractivity contribution in [1.29, 1.82) is 0 Å². The lowest BCUT2D eigenvalue weighted by Crippen LogP contribution is -2.30. The van der Waals surface area contributed by atoms with Gasteiger partial charge in [0.1, 0.15) is 0 Å². The van der Waals surface area contributed by atoms with Crippen molar-refractivity contribution >= 4 is 34.8 Å². The molecule has 24 heavy (non-hydrogen) atoms. The molecule has 0 spiro atoms. The van der Waals surface area contributed by atoms with Gasteiger partial charge in [-0.3, -0.25) is 4.79 Å². The number of para-hydroxylation sites is 1. The number of carbonyl (C=O) groups excluding carboxylic acids is 1. The number of benzene rings is 2. The minimum absolute atomic E-state index is 0.00945. The quantitative estimate of drug-likeness (QED) is 0.784. The molecule has 2 aromatic rings. The van der Waals surface area contributed by atoms with Gasteiger partial charge in [0.05, 0.1) is 16.5 Å². The number of nitrogens with one attached hydrogen (secondary N) is 1. The van der Waals surface area contributed by atoms with Gasteiger partial charge >= 0.3 is 0 Å². The topological polar surface area (TPSA) is 32.3 Å². The van der Waals surface area contributed by atoms with E-state index in [1.54, 1.807) is 12.1 Å². The van der Waals surface area contributed by atoms with Gasteiger partial charge in [0.25, 0.3) is 0 Å². The summed E-state index contributed by atoms with van der Waals surface area (Å²) in [5.41, 5.74) is 3.62. The molecule has 0 atom stereocenters. The van der Waals surface area contributed by atoms with Crippen LogP contribution in [-0.4, -0.2) is 25.5 Å². The van der Waals surface area contributed by atoms with Crippen molar-refractivity contribution in [1.82, 2.24) is 5.32 Å². The van der Waals surface area contributed by atoms with Gasteiger partial charge in [0.2, 0.25) is 5.91 Å². The first-order valence-corrected chi connectivity index (χ1v) is 8.92. The molecule has 3 rings (SSSR count). The van der Waals surface area contributed by atoms with E-state index in [0.717, 1.165) is 31.5 Å². The summed E-state index contributed by atoms with van der Waals surface area (Å²) < 4.78 is 0. The molecule has 0 saturated heterocycles. The molecule has 0 aliphatic carbocycles. The van der Waals surface area contributed by atoms with Crippen LogP contribution in [0.2, 0.25) is 10.0 Å². The SMILES string of the molecule is O=C(Cc1ccc(Cl)c(Cl)c1)NCCCN1CCc2ccccc21. The predicted molar refractivity (Wildman–Crippen MR) is 100 cm³/mol. The molecule has 0 saturated carbocycles. The number of anilines is 1. The fourth-order valence-electron chi connectivity index (χ4n) is 3.03. The van der Waals surface area contributed by atoms with E-state index in [0.29, 0.717) is 23.0 Å². The Balaban J connectivity index is 1.40. The van der Waals surface area contributed by atoms with Crippen molar-refractivity contribution in [3.63, 3.8) is 0 Å². The summed E-state index contributed by atoms with van der Waals surface area (Å²) in [6, 6.07) is 13.8. The minimum atomic E-state index is 0.00945. The first kappa shape index (κ1) is 17.1. The zero-order valence-corrected chi connectivity index (χ0v) is 14.9. The molecule has 1 aliphatic rings. The van der Waals surface area contributed by atoms with Crippen molar-refractivity contribution in [3.05, 3.63) is 63.6 Å². The Morgan fingerprint density at radius 2 is 1.96 bits per heavy atom. The second-order valence-corrected chi connectivity index (χ2v) is 6.81. The molecule has 3 nitrogen and oxygen atoms in total. The molecule has 126 valence electrons. The van der Waals surface area contributed by atoms with E-state index in [4.69, 9.17) is 23.2 Å². The fourth-order valence-corrected chi connectivity index (χ4v) is 3.35. The molecule has 1 N–H and O–H groups in total. The monoisotopic (exact) mass is 362 g/mol. The highest BCUT2D eigenvalue weighted by Gasteiger charge is 2.17. The van der Waals surface area contributed by atoms with Crippen LogP contribution in [0, 0.1) is 0 Å². The second kappa shape index (κ2) is 7.91. The number of nitrogens with zero attached hydrogens (tertiary/aromatic N) is 1.